The van der Waals surface area contributed by atoms with Crippen LogP contribution in [0.1, 0.15) is 5.69 Å². The Kier molecular flexibility index (Phi) is 3.89. The highest BCUT2D eigenvalue weighted by Crippen LogP contribution is 2.27. The zero-order valence-electron chi connectivity index (χ0n) is 11.1. The molecule has 3 aromatic heterocycles. The summed E-state index contributed by atoms with van der Waals surface area (Å²) in [6.07, 6.45) is 2.91. The van der Waals surface area contributed by atoms with Crippen molar-refractivity contribution >= 4 is 32.7 Å². The average Bonchev–Trinajstić information content (AvgIpc) is 3.17. The van der Waals surface area contributed by atoms with Crippen LogP contribution in [0.5, 0.6) is 0 Å². The quantitative estimate of drug-likeness (QED) is 0.771. The van der Waals surface area contributed by atoms with E-state index >= 15 is 0 Å². The number of thiazole rings is 1. The summed E-state index contributed by atoms with van der Waals surface area (Å²) in [5, 5.41) is 4.76. The molecule has 3 heterocycles. The van der Waals surface area contributed by atoms with Crippen LogP contribution in [0.3, 0.4) is 0 Å². The summed E-state index contributed by atoms with van der Waals surface area (Å²) >= 11 is 3.11. The molecule has 110 valence electrons. The third-order valence-electron chi connectivity index (χ3n) is 2.68. The summed E-state index contributed by atoms with van der Waals surface area (Å²) < 4.78 is 28.2. The third-order valence-corrected chi connectivity index (χ3v) is 5.90. The number of thiophene rings is 1. The zero-order valence-corrected chi connectivity index (χ0v) is 13.5. The van der Waals surface area contributed by atoms with Crippen molar-refractivity contribution in [3.05, 3.63) is 41.1 Å². The van der Waals surface area contributed by atoms with Crippen LogP contribution in [0.4, 0.5) is 0 Å². The molecule has 21 heavy (non-hydrogen) atoms. The van der Waals surface area contributed by atoms with E-state index in [1.807, 2.05) is 22.9 Å². The van der Waals surface area contributed by atoms with Crippen LogP contribution in [0.2, 0.25) is 0 Å². The maximum Gasteiger partial charge on any atom is 0.259 e. The van der Waals surface area contributed by atoms with Crippen molar-refractivity contribution in [1.82, 2.24) is 19.3 Å². The minimum atomic E-state index is -3.60. The molecule has 0 saturated heterocycles. The van der Waals surface area contributed by atoms with E-state index in [9.17, 15) is 8.42 Å². The number of imidazole rings is 1. The van der Waals surface area contributed by atoms with E-state index in [1.54, 1.807) is 23.0 Å². The number of sulfonamides is 1. The van der Waals surface area contributed by atoms with Crippen LogP contribution in [0.25, 0.3) is 9.88 Å². The fourth-order valence-corrected chi connectivity index (χ4v) is 4.28. The van der Waals surface area contributed by atoms with Gasteiger partial charge < -0.3 is 4.57 Å². The van der Waals surface area contributed by atoms with Gasteiger partial charge in [0.25, 0.3) is 10.0 Å². The molecule has 9 heteroatoms. The summed E-state index contributed by atoms with van der Waals surface area (Å²) in [6, 6.07) is 3.95. The predicted octanol–water partition coefficient (Wildman–Crippen LogP) is 2.08. The van der Waals surface area contributed by atoms with E-state index in [0.717, 1.165) is 9.88 Å². The molecular weight excluding hydrogens is 328 g/mol. The maximum absolute atomic E-state index is 12.0. The Morgan fingerprint density at radius 3 is 2.90 bits per heavy atom. The Morgan fingerprint density at radius 1 is 1.38 bits per heavy atom. The Balaban J connectivity index is 1.71. The van der Waals surface area contributed by atoms with Gasteiger partial charge in [-0.25, -0.2) is 23.1 Å². The van der Waals surface area contributed by atoms with Crippen LogP contribution in [-0.2, 0) is 23.6 Å². The smallest absolute Gasteiger partial charge is 0.259 e. The van der Waals surface area contributed by atoms with Crippen molar-refractivity contribution in [2.75, 3.05) is 0 Å². The first-order valence-corrected chi connectivity index (χ1v) is 9.25. The normalized spacial score (nSPS) is 11.9. The first-order valence-electron chi connectivity index (χ1n) is 6.00. The summed E-state index contributed by atoms with van der Waals surface area (Å²) in [7, 11) is -1.87. The number of hydrogen-bond donors (Lipinski definition) is 1. The van der Waals surface area contributed by atoms with Gasteiger partial charge in [0.2, 0.25) is 0 Å². The molecular formula is C12H12N4O2S3. The van der Waals surface area contributed by atoms with Gasteiger partial charge in [0.05, 0.1) is 23.4 Å². The molecule has 0 aromatic carbocycles. The van der Waals surface area contributed by atoms with E-state index in [1.165, 1.54) is 23.9 Å². The molecule has 0 amide bonds. The Hall–Kier alpha value is -1.55. The van der Waals surface area contributed by atoms with Gasteiger partial charge in [0, 0.05) is 18.6 Å². The molecule has 0 radical (unpaired) electrons. The van der Waals surface area contributed by atoms with Crippen molar-refractivity contribution in [2.24, 2.45) is 7.05 Å². The highest BCUT2D eigenvalue weighted by molar-refractivity contribution is 7.89. The second kappa shape index (κ2) is 5.68. The summed E-state index contributed by atoms with van der Waals surface area (Å²) in [5.41, 5.74) is 0.697. The second-order valence-corrected chi connectivity index (χ2v) is 7.84. The molecule has 0 atom stereocenters. The molecule has 0 saturated carbocycles. The molecule has 3 rings (SSSR count). The minimum Gasteiger partial charge on any atom is -0.339 e. The van der Waals surface area contributed by atoms with E-state index in [-0.39, 0.29) is 11.6 Å². The Morgan fingerprint density at radius 2 is 2.24 bits per heavy atom. The van der Waals surface area contributed by atoms with Crippen LogP contribution in [0, 0.1) is 0 Å². The first kappa shape index (κ1) is 14.4. The van der Waals surface area contributed by atoms with Crippen molar-refractivity contribution in [1.29, 1.82) is 0 Å². The van der Waals surface area contributed by atoms with Gasteiger partial charge in [-0.1, -0.05) is 6.07 Å². The van der Waals surface area contributed by atoms with Gasteiger partial charge in [-0.2, -0.15) is 0 Å². The van der Waals surface area contributed by atoms with Crippen LogP contribution in [-0.4, -0.2) is 23.0 Å². The number of nitrogens with zero attached hydrogens (tertiary/aromatic N) is 3. The number of rotatable bonds is 5. The van der Waals surface area contributed by atoms with E-state index < -0.39 is 10.0 Å². The lowest BCUT2D eigenvalue weighted by Crippen LogP contribution is -2.23. The zero-order chi connectivity index (χ0) is 14.9. The van der Waals surface area contributed by atoms with Crippen LogP contribution in [0.15, 0.2) is 40.4 Å². The van der Waals surface area contributed by atoms with Gasteiger partial charge in [-0.05, 0) is 11.4 Å². The van der Waals surface area contributed by atoms with Crippen molar-refractivity contribution < 1.29 is 8.42 Å². The Bertz CT molecular complexity index is 834. The standard InChI is InChI=1S/C12H12N4O2S3/c1-16-6-11(13-8-16)21(17,18)14-5-9-7-20-12(15-9)10-3-2-4-19-10/h2-4,6-8,14H,5H2,1H3. The molecule has 0 unspecified atom stereocenters. The van der Waals surface area contributed by atoms with Crippen molar-refractivity contribution in [2.45, 2.75) is 11.6 Å². The monoisotopic (exact) mass is 340 g/mol. The lowest BCUT2D eigenvalue weighted by atomic mass is 10.4. The highest BCUT2D eigenvalue weighted by Gasteiger charge is 2.17. The largest absolute Gasteiger partial charge is 0.339 e. The average molecular weight is 340 g/mol. The topological polar surface area (TPSA) is 76.9 Å². The van der Waals surface area contributed by atoms with Crippen molar-refractivity contribution in [3.63, 3.8) is 0 Å². The summed E-state index contributed by atoms with van der Waals surface area (Å²) in [6.45, 7) is 0.154. The molecule has 0 aliphatic rings. The minimum absolute atomic E-state index is 0.0127. The van der Waals surface area contributed by atoms with Gasteiger partial charge in [-0.3, -0.25) is 0 Å². The maximum atomic E-state index is 12.0. The van der Waals surface area contributed by atoms with Crippen LogP contribution >= 0.6 is 22.7 Å². The van der Waals surface area contributed by atoms with Gasteiger partial charge in [0.1, 0.15) is 5.01 Å². The SMILES string of the molecule is Cn1cnc(S(=O)(=O)NCc2csc(-c3cccs3)n2)c1. The molecule has 0 fully saturated rings. The fraction of sp³-hybridized carbons (Fsp3) is 0.167. The van der Waals surface area contributed by atoms with E-state index in [2.05, 4.69) is 14.7 Å². The Labute approximate surface area is 130 Å². The number of hydrogen-bond acceptors (Lipinski definition) is 6. The third kappa shape index (κ3) is 3.21. The molecule has 1 N–H and O–H groups in total. The lowest BCUT2D eigenvalue weighted by Gasteiger charge is -2.01. The molecule has 6 nitrogen and oxygen atoms in total. The van der Waals surface area contributed by atoms with Gasteiger partial charge in [-0.15, -0.1) is 22.7 Å². The fourth-order valence-electron chi connectivity index (χ4n) is 1.67. The number of nitrogens with one attached hydrogen (secondary N) is 1. The number of aryl methyl sites for hydroxylation is 1. The van der Waals surface area contributed by atoms with Crippen molar-refractivity contribution in [3.8, 4) is 9.88 Å². The summed E-state index contributed by atoms with van der Waals surface area (Å²) in [5.74, 6) is 0. The molecule has 0 bridgehead atoms. The van der Waals surface area contributed by atoms with Crippen LogP contribution < -0.4 is 4.72 Å². The molecule has 0 aliphatic carbocycles. The van der Waals surface area contributed by atoms with E-state index in [0.29, 0.717) is 5.69 Å². The predicted molar refractivity (Wildman–Crippen MR) is 82.7 cm³/mol. The highest BCUT2D eigenvalue weighted by atomic mass is 32.2. The summed E-state index contributed by atoms with van der Waals surface area (Å²) in [4.78, 5) is 9.36. The second-order valence-electron chi connectivity index (χ2n) is 4.32. The van der Waals surface area contributed by atoms with E-state index in [4.69, 9.17) is 0 Å². The lowest BCUT2D eigenvalue weighted by molar-refractivity contribution is 0.577. The van der Waals surface area contributed by atoms with Gasteiger partial charge in [0.15, 0.2) is 5.03 Å². The number of aromatic nitrogens is 3. The molecule has 0 spiro atoms. The first-order chi connectivity index (χ1) is 10.0. The molecule has 3 aromatic rings. The van der Waals surface area contributed by atoms with Gasteiger partial charge >= 0.3 is 0 Å². The molecule has 0 aliphatic heterocycles.